The van der Waals surface area contributed by atoms with Gasteiger partial charge in [-0.25, -0.2) is 4.79 Å². The fourth-order valence-corrected chi connectivity index (χ4v) is 1.37. The number of ether oxygens (including phenoxy) is 1. The van der Waals surface area contributed by atoms with E-state index < -0.39 is 5.97 Å². The number of thiol groups is 1. The Morgan fingerprint density at radius 3 is 2.56 bits per heavy atom. The number of benzene rings is 1. The van der Waals surface area contributed by atoms with Crippen molar-refractivity contribution in [3.05, 3.63) is 46.5 Å². The van der Waals surface area contributed by atoms with Crippen molar-refractivity contribution in [3.8, 4) is 0 Å². The van der Waals surface area contributed by atoms with E-state index in [1.807, 2.05) is 30.3 Å². The summed E-state index contributed by atoms with van der Waals surface area (Å²) in [6.07, 6.45) is 0.498. The molecule has 4 heteroatoms. The van der Waals surface area contributed by atoms with Crippen LogP contribution in [-0.2, 0) is 16.0 Å². The summed E-state index contributed by atoms with van der Waals surface area (Å²) in [6, 6.07) is 9.66. The number of hydrogen-bond donors (Lipinski definition) is 2. The molecule has 0 fully saturated rings. The summed E-state index contributed by atoms with van der Waals surface area (Å²) in [5, 5.41) is 0. The molecule has 16 heavy (non-hydrogen) atoms. The predicted octanol–water partition coefficient (Wildman–Crippen LogP) is 1.89. The second-order valence-electron chi connectivity index (χ2n) is 3.26. The van der Waals surface area contributed by atoms with Crippen LogP contribution < -0.4 is 5.73 Å². The molecule has 0 heterocycles. The predicted molar refractivity (Wildman–Crippen MR) is 67.0 cm³/mol. The van der Waals surface area contributed by atoms with Crippen LogP contribution in [0.5, 0.6) is 0 Å². The van der Waals surface area contributed by atoms with Gasteiger partial charge in [0.1, 0.15) is 4.91 Å². The topological polar surface area (TPSA) is 52.3 Å². The Morgan fingerprint density at radius 2 is 2.00 bits per heavy atom. The van der Waals surface area contributed by atoms with E-state index in [1.54, 1.807) is 6.92 Å². The molecule has 3 nitrogen and oxygen atoms in total. The number of hydrogen-bond acceptors (Lipinski definition) is 4. The first kappa shape index (κ1) is 12.6. The molecule has 0 saturated carbocycles. The van der Waals surface area contributed by atoms with Gasteiger partial charge < -0.3 is 10.5 Å². The van der Waals surface area contributed by atoms with E-state index in [0.717, 1.165) is 5.56 Å². The van der Waals surface area contributed by atoms with Crippen LogP contribution in [0.15, 0.2) is 40.9 Å². The molecular formula is C12H15NO2S. The van der Waals surface area contributed by atoms with Crippen LogP contribution in [0, 0.1) is 0 Å². The van der Waals surface area contributed by atoms with Crippen molar-refractivity contribution < 1.29 is 9.53 Å². The first-order valence-electron chi connectivity index (χ1n) is 5.03. The van der Waals surface area contributed by atoms with Crippen LogP contribution in [0.4, 0.5) is 0 Å². The minimum absolute atomic E-state index is 0.186. The van der Waals surface area contributed by atoms with E-state index in [-0.39, 0.29) is 4.91 Å². The highest BCUT2D eigenvalue weighted by Gasteiger charge is 2.10. The van der Waals surface area contributed by atoms with E-state index in [0.29, 0.717) is 18.7 Å². The highest BCUT2D eigenvalue weighted by atomic mass is 32.1. The second kappa shape index (κ2) is 6.23. The zero-order valence-electron chi connectivity index (χ0n) is 9.14. The standard InChI is InChI=1S/C12H15NO2S/c1-2-15-12(14)11(16)10(13)8-9-6-4-3-5-7-9/h3-7,16H,2,8,13H2,1H3/b11-10-. The van der Waals surface area contributed by atoms with Gasteiger partial charge in [0.15, 0.2) is 0 Å². The summed E-state index contributed by atoms with van der Waals surface area (Å²) in [5.41, 5.74) is 7.24. The third-order valence-electron chi connectivity index (χ3n) is 2.01. The van der Waals surface area contributed by atoms with Crippen LogP contribution in [-0.4, -0.2) is 12.6 Å². The van der Waals surface area contributed by atoms with E-state index in [2.05, 4.69) is 12.6 Å². The average molecular weight is 237 g/mol. The number of esters is 1. The minimum Gasteiger partial charge on any atom is -0.462 e. The van der Waals surface area contributed by atoms with Gasteiger partial charge in [-0.05, 0) is 12.5 Å². The van der Waals surface area contributed by atoms with Gasteiger partial charge in [0.2, 0.25) is 0 Å². The molecule has 0 aromatic heterocycles. The molecule has 0 aliphatic heterocycles. The molecule has 2 N–H and O–H groups in total. The zero-order valence-corrected chi connectivity index (χ0v) is 10.0. The summed E-state index contributed by atoms with van der Waals surface area (Å²) in [5.74, 6) is -0.473. The maximum Gasteiger partial charge on any atom is 0.346 e. The van der Waals surface area contributed by atoms with Crippen LogP contribution in [0.1, 0.15) is 12.5 Å². The molecule has 0 atom stereocenters. The van der Waals surface area contributed by atoms with Crippen molar-refractivity contribution >= 4 is 18.6 Å². The Bertz CT molecular complexity index is 387. The van der Waals surface area contributed by atoms with Gasteiger partial charge in [-0.1, -0.05) is 30.3 Å². The number of carbonyl (C=O) groups excluding carboxylic acids is 1. The summed E-state index contributed by atoms with van der Waals surface area (Å²) >= 11 is 4.06. The van der Waals surface area contributed by atoms with Crippen LogP contribution in [0.25, 0.3) is 0 Å². The average Bonchev–Trinajstić information content (AvgIpc) is 2.29. The van der Waals surface area contributed by atoms with Crippen LogP contribution in [0.2, 0.25) is 0 Å². The van der Waals surface area contributed by atoms with Gasteiger partial charge in [-0.2, -0.15) is 0 Å². The van der Waals surface area contributed by atoms with Gasteiger partial charge >= 0.3 is 5.97 Å². The molecule has 1 aromatic carbocycles. The lowest BCUT2D eigenvalue weighted by atomic mass is 10.1. The Balaban J connectivity index is 2.73. The molecular weight excluding hydrogens is 222 g/mol. The SMILES string of the molecule is CCOC(=O)/C(S)=C(/N)Cc1ccccc1. The normalized spacial score (nSPS) is 11.9. The molecule has 0 radical (unpaired) electrons. The number of rotatable bonds is 4. The summed E-state index contributed by atoms with van der Waals surface area (Å²) in [6.45, 7) is 2.06. The number of nitrogens with two attached hydrogens (primary N) is 1. The molecule has 0 unspecified atom stereocenters. The van der Waals surface area contributed by atoms with Crippen molar-refractivity contribution in [1.29, 1.82) is 0 Å². The van der Waals surface area contributed by atoms with Crippen molar-refractivity contribution in [2.45, 2.75) is 13.3 Å². The maximum atomic E-state index is 11.3. The van der Waals surface area contributed by atoms with E-state index in [9.17, 15) is 4.79 Å². The van der Waals surface area contributed by atoms with Crippen LogP contribution in [0.3, 0.4) is 0 Å². The first-order valence-corrected chi connectivity index (χ1v) is 5.48. The lowest BCUT2D eigenvalue weighted by Gasteiger charge is -2.06. The zero-order chi connectivity index (χ0) is 12.0. The molecule has 1 rings (SSSR count). The molecule has 0 aliphatic carbocycles. The largest absolute Gasteiger partial charge is 0.462 e. The quantitative estimate of drug-likeness (QED) is 0.477. The van der Waals surface area contributed by atoms with Crippen molar-refractivity contribution in [1.82, 2.24) is 0 Å². The first-order chi connectivity index (χ1) is 7.65. The third kappa shape index (κ3) is 3.62. The molecule has 0 saturated heterocycles. The number of allylic oxidation sites excluding steroid dienone is 1. The highest BCUT2D eigenvalue weighted by Crippen LogP contribution is 2.12. The van der Waals surface area contributed by atoms with E-state index >= 15 is 0 Å². The molecule has 0 spiro atoms. The Hall–Kier alpha value is -1.42. The van der Waals surface area contributed by atoms with Gasteiger partial charge in [0, 0.05) is 12.1 Å². The van der Waals surface area contributed by atoms with Crippen molar-refractivity contribution in [3.63, 3.8) is 0 Å². The van der Waals surface area contributed by atoms with Gasteiger partial charge in [-0.3, -0.25) is 0 Å². The molecule has 0 aliphatic rings. The third-order valence-corrected chi connectivity index (χ3v) is 2.48. The van der Waals surface area contributed by atoms with Crippen LogP contribution >= 0.6 is 12.6 Å². The van der Waals surface area contributed by atoms with E-state index in [4.69, 9.17) is 10.5 Å². The molecule has 0 bridgehead atoms. The van der Waals surface area contributed by atoms with E-state index in [1.165, 1.54) is 0 Å². The highest BCUT2D eigenvalue weighted by molar-refractivity contribution is 7.85. The Kier molecular flexibility index (Phi) is 4.92. The fraction of sp³-hybridized carbons (Fsp3) is 0.250. The van der Waals surface area contributed by atoms with Gasteiger partial charge in [-0.15, -0.1) is 12.6 Å². The fourth-order valence-electron chi connectivity index (χ4n) is 1.23. The smallest absolute Gasteiger partial charge is 0.346 e. The van der Waals surface area contributed by atoms with Crippen molar-refractivity contribution in [2.75, 3.05) is 6.61 Å². The lowest BCUT2D eigenvalue weighted by Crippen LogP contribution is -2.12. The lowest BCUT2D eigenvalue weighted by molar-refractivity contribution is -0.137. The summed E-state index contributed by atoms with van der Waals surface area (Å²) in [7, 11) is 0. The minimum atomic E-state index is -0.473. The monoisotopic (exact) mass is 237 g/mol. The van der Waals surface area contributed by atoms with Gasteiger partial charge in [0.05, 0.1) is 6.61 Å². The second-order valence-corrected chi connectivity index (χ2v) is 3.70. The number of carbonyl (C=O) groups is 1. The maximum absolute atomic E-state index is 11.3. The molecule has 0 amide bonds. The van der Waals surface area contributed by atoms with Crippen molar-refractivity contribution in [2.24, 2.45) is 5.73 Å². The Labute approximate surface area is 101 Å². The Morgan fingerprint density at radius 1 is 1.38 bits per heavy atom. The van der Waals surface area contributed by atoms with Gasteiger partial charge in [0.25, 0.3) is 0 Å². The summed E-state index contributed by atoms with van der Waals surface area (Å²) < 4.78 is 4.81. The molecule has 1 aromatic rings. The molecule has 86 valence electrons. The summed E-state index contributed by atoms with van der Waals surface area (Å²) in [4.78, 5) is 11.5.